The number of benzene rings is 1. The lowest BCUT2D eigenvalue weighted by Crippen LogP contribution is -2.45. The number of carbonyl (C=O) groups excluding carboxylic acids is 1. The van der Waals surface area contributed by atoms with E-state index in [0.29, 0.717) is 36.5 Å². The topological polar surface area (TPSA) is 58.4 Å². The molecule has 1 aliphatic rings. The second-order valence-electron chi connectivity index (χ2n) is 6.11. The summed E-state index contributed by atoms with van der Waals surface area (Å²) in [5, 5.41) is 1.93. The van der Waals surface area contributed by atoms with Gasteiger partial charge in [0.25, 0.3) is 0 Å². The van der Waals surface area contributed by atoms with Crippen LogP contribution in [0.25, 0.3) is 11.5 Å². The molecule has 0 radical (unpaired) electrons. The average Bonchev–Trinajstić information content (AvgIpc) is 3.23. The van der Waals surface area contributed by atoms with E-state index in [1.807, 2.05) is 5.32 Å². The van der Waals surface area contributed by atoms with E-state index in [0.717, 1.165) is 0 Å². The Morgan fingerprint density at radius 2 is 2.04 bits per heavy atom. The van der Waals surface area contributed by atoms with Gasteiger partial charge in [-0.1, -0.05) is 0 Å². The maximum atomic E-state index is 13.0. The van der Waals surface area contributed by atoms with Crippen LogP contribution in [0, 0.1) is 5.82 Å². The molecular formula is C17H17F4N3O2. The SMILES string of the molecule is O=C(NCC(F)(F)F)C1CCCN1Cc1coc(-c2ccc(F)cc2)n1. The number of oxazole rings is 1. The summed E-state index contributed by atoms with van der Waals surface area (Å²) in [4.78, 5) is 18.1. The molecule has 1 saturated heterocycles. The molecule has 1 aliphatic heterocycles. The zero-order chi connectivity index (χ0) is 18.7. The highest BCUT2D eigenvalue weighted by Crippen LogP contribution is 2.23. The molecule has 2 aromatic rings. The van der Waals surface area contributed by atoms with Gasteiger partial charge in [-0.15, -0.1) is 0 Å². The number of carbonyl (C=O) groups is 1. The van der Waals surface area contributed by atoms with Gasteiger partial charge in [-0.25, -0.2) is 9.37 Å². The first-order valence-corrected chi connectivity index (χ1v) is 8.11. The van der Waals surface area contributed by atoms with Crippen molar-refractivity contribution in [1.29, 1.82) is 0 Å². The first-order valence-electron chi connectivity index (χ1n) is 8.11. The van der Waals surface area contributed by atoms with Crippen LogP contribution >= 0.6 is 0 Å². The van der Waals surface area contributed by atoms with Gasteiger partial charge >= 0.3 is 6.18 Å². The van der Waals surface area contributed by atoms with E-state index in [1.165, 1.54) is 30.5 Å². The predicted octanol–water partition coefficient (Wildman–Crippen LogP) is 3.12. The van der Waals surface area contributed by atoms with Crippen LogP contribution in [0.5, 0.6) is 0 Å². The fourth-order valence-electron chi connectivity index (χ4n) is 2.93. The molecular weight excluding hydrogens is 354 g/mol. The highest BCUT2D eigenvalue weighted by molar-refractivity contribution is 5.82. The Kier molecular flexibility index (Phi) is 5.26. The first kappa shape index (κ1) is 18.4. The lowest BCUT2D eigenvalue weighted by Gasteiger charge is -2.22. The fourth-order valence-corrected chi connectivity index (χ4v) is 2.93. The van der Waals surface area contributed by atoms with Gasteiger partial charge in [0.1, 0.15) is 18.6 Å². The quantitative estimate of drug-likeness (QED) is 0.821. The first-order chi connectivity index (χ1) is 12.3. The summed E-state index contributed by atoms with van der Waals surface area (Å²) in [5.41, 5.74) is 1.17. The molecule has 2 heterocycles. The predicted molar refractivity (Wildman–Crippen MR) is 84.4 cm³/mol. The van der Waals surface area contributed by atoms with Crippen molar-refractivity contribution >= 4 is 5.91 Å². The Morgan fingerprint density at radius 1 is 1.31 bits per heavy atom. The Labute approximate surface area is 147 Å². The molecule has 140 valence electrons. The number of alkyl halides is 3. The summed E-state index contributed by atoms with van der Waals surface area (Å²) in [5.74, 6) is -0.690. The lowest BCUT2D eigenvalue weighted by atomic mass is 10.2. The van der Waals surface area contributed by atoms with Crippen molar-refractivity contribution < 1.29 is 26.8 Å². The fraction of sp³-hybridized carbons (Fsp3) is 0.412. The molecule has 1 aromatic heterocycles. The van der Waals surface area contributed by atoms with Crippen LogP contribution in [0.1, 0.15) is 18.5 Å². The number of halogens is 4. The molecule has 1 N–H and O–H groups in total. The number of hydrogen-bond acceptors (Lipinski definition) is 4. The van der Waals surface area contributed by atoms with E-state index in [-0.39, 0.29) is 12.4 Å². The normalized spacial score (nSPS) is 18.2. The van der Waals surface area contributed by atoms with E-state index in [2.05, 4.69) is 4.98 Å². The molecule has 1 unspecified atom stereocenters. The minimum absolute atomic E-state index is 0.287. The second kappa shape index (κ2) is 7.45. The van der Waals surface area contributed by atoms with E-state index in [9.17, 15) is 22.4 Å². The minimum Gasteiger partial charge on any atom is -0.444 e. The van der Waals surface area contributed by atoms with E-state index < -0.39 is 24.7 Å². The van der Waals surface area contributed by atoms with Gasteiger partial charge in [0.2, 0.25) is 11.8 Å². The molecule has 1 amide bonds. The summed E-state index contributed by atoms with van der Waals surface area (Å²) in [6, 6.07) is 5.03. The number of nitrogens with one attached hydrogen (secondary N) is 1. The molecule has 5 nitrogen and oxygen atoms in total. The van der Waals surface area contributed by atoms with Crippen molar-refractivity contribution in [3.05, 3.63) is 42.0 Å². The minimum atomic E-state index is -4.44. The number of rotatable bonds is 5. The number of aromatic nitrogens is 1. The third kappa shape index (κ3) is 4.60. The average molecular weight is 371 g/mol. The van der Waals surface area contributed by atoms with E-state index >= 15 is 0 Å². The van der Waals surface area contributed by atoms with Crippen LogP contribution in [0.2, 0.25) is 0 Å². The van der Waals surface area contributed by atoms with Crippen LogP contribution in [0.4, 0.5) is 17.6 Å². The smallest absolute Gasteiger partial charge is 0.405 e. The summed E-state index contributed by atoms with van der Waals surface area (Å²) >= 11 is 0. The summed E-state index contributed by atoms with van der Waals surface area (Å²) in [6.07, 6.45) is -1.80. The summed E-state index contributed by atoms with van der Waals surface area (Å²) in [6.45, 7) is -0.466. The largest absolute Gasteiger partial charge is 0.444 e. The van der Waals surface area contributed by atoms with Crippen molar-refractivity contribution in [2.45, 2.75) is 31.6 Å². The molecule has 1 atom stereocenters. The van der Waals surface area contributed by atoms with Gasteiger partial charge in [-0.05, 0) is 43.7 Å². The van der Waals surface area contributed by atoms with Gasteiger partial charge in [0.15, 0.2) is 0 Å². The molecule has 0 spiro atoms. The van der Waals surface area contributed by atoms with Crippen LogP contribution in [0.15, 0.2) is 34.9 Å². The molecule has 0 aliphatic carbocycles. The van der Waals surface area contributed by atoms with Gasteiger partial charge in [0, 0.05) is 12.1 Å². The number of nitrogens with zero attached hydrogens (tertiary/aromatic N) is 2. The maximum absolute atomic E-state index is 13.0. The number of likely N-dealkylation sites (tertiary alicyclic amines) is 1. The molecule has 26 heavy (non-hydrogen) atoms. The standard InChI is InChI=1S/C17H17F4N3O2/c18-12-5-3-11(4-6-12)16-23-13(9-26-16)8-24-7-1-2-14(24)15(25)22-10-17(19,20)21/h3-6,9,14H,1-2,7-8,10H2,(H,22,25). The van der Waals surface area contributed by atoms with Gasteiger partial charge < -0.3 is 9.73 Å². The van der Waals surface area contributed by atoms with Crippen LogP contribution in [0.3, 0.4) is 0 Å². The van der Waals surface area contributed by atoms with Crippen molar-refractivity contribution in [3.8, 4) is 11.5 Å². The molecule has 0 saturated carbocycles. The van der Waals surface area contributed by atoms with Crippen molar-refractivity contribution in [2.24, 2.45) is 0 Å². The lowest BCUT2D eigenvalue weighted by molar-refractivity contribution is -0.141. The third-order valence-corrected chi connectivity index (χ3v) is 4.14. The van der Waals surface area contributed by atoms with Crippen LogP contribution < -0.4 is 5.32 Å². The second-order valence-corrected chi connectivity index (χ2v) is 6.11. The van der Waals surface area contributed by atoms with Crippen molar-refractivity contribution in [1.82, 2.24) is 15.2 Å². The Balaban J connectivity index is 1.63. The van der Waals surface area contributed by atoms with E-state index in [1.54, 1.807) is 4.90 Å². The molecule has 1 fully saturated rings. The zero-order valence-corrected chi connectivity index (χ0v) is 13.7. The highest BCUT2D eigenvalue weighted by atomic mass is 19.4. The molecule has 9 heteroatoms. The monoisotopic (exact) mass is 371 g/mol. The molecule has 0 bridgehead atoms. The van der Waals surface area contributed by atoms with Gasteiger partial charge in [-0.2, -0.15) is 13.2 Å². The van der Waals surface area contributed by atoms with Crippen molar-refractivity contribution in [3.63, 3.8) is 0 Å². The highest BCUT2D eigenvalue weighted by Gasteiger charge is 2.34. The van der Waals surface area contributed by atoms with Crippen LogP contribution in [-0.2, 0) is 11.3 Å². The number of amides is 1. The summed E-state index contributed by atoms with van der Waals surface area (Å²) < 4.78 is 55.1. The Hall–Kier alpha value is -2.42. The van der Waals surface area contributed by atoms with Gasteiger partial charge in [-0.3, -0.25) is 9.69 Å². The molecule has 1 aromatic carbocycles. The maximum Gasteiger partial charge on any atom is 0.405 e. The Morgan fingerprint density at radius 3 is 2.73 bits per heavy atom. The number of hydrogen-bond donors (Lipinski definition) is 1. The van der Waals surface area contributed by atoms with Gasteiger partial charge in [0.05, 0.1) is 11.7 Å². The summed E-state index contributed by atoms with van der Waals surface area (Å²) in [7, 11) is 0. The zero-order valence-electron chi connectivity index (χ0n) is 13.7. The molecule has 3 rings (SSSR count). The van der Waals surface area contributed by atoms with Crippen molar-refractivity contribution in [2.75, 3.05) is 13.1 Å². The third-order valence-electron chi connectivity index (χ3n) is 4.14. The van der Waals surface area contributed by atoms with E-state index in [4.69, 9.17) is 4.42 Å². The Bertz CT molecular complexity index is 758. The van der Waals surface area contributed by atoms with Crippen LogP contribution in [-0.4, -0.2) is 41.1 Å².